The first-order valence-electron chi connectivity index (χ1n) is 23.3. The molecule has 0 spiro atoms. The van der Waals surface area contributed by atoms with Crippen molar-refractivity contribution >= 4 is 50.8 Å². The summed E-state index contributed by atoms with van der Waals surface area (Å²) in [7, 11) is 0. The van der Waals surface area contributed by atoms with E-state index >= 15 is 0 Å². The van der Waals surface area contributed by atoms with Crippen LogP contribution in [0.5, 0.6) is 0 Å². The molecule has 5 aromatic carbocycles. The summed E-state index contributed by atoms with van der Waals surface area (Å²) in [5.41, 5.74) is 13.3. The monoisotopic (exact) mass is 1080 g/mol. The van der Waals surface area contributed by atoms with E-state index in [0.717, 1.165) is 54.4 Å². The third-order valence-corrected chi connectivity index (χ3v) is 15.7. The van der Waals surface area contributed by atoms with E-state index in [-0.39, 0.29) is 31.2 Å². The molecule has 0 bridgehead atoms. The standard InChI is InChI=1S/C37H32N3O.C18H23FGeN.Ir/c1-22(2)28-18-26(25-13-7-6-8-14-25)19-29(23(3)4)36(28)40-31-16-10-9-15-30(31)39-37(40)27-20-33-35(38-21-27)34-24(5)12-11-17-32(34)41-33;1-12(2)15-10-17(21-11-16(15)20(4,5)6)14-9-7-8-13(3)18(14)19;/h6-19,21-23H,1-5H3;7-8,10-12H,1-6H3;/q2*-1;/i;3D3,12D;. The van der Waals surface area contributed by atoms with Gasteiger partial charge in [-0.1, -0.05) is 100 Å². The van der Waals surface area contributed by atoms with Gasteiger partial charge in [0.15, 0.2) is 0 Å². The second-order valence-electron chi connectivity index (χ2n) is 17.9. The van der Waals surface area contributed by atoms with Gasteiger partial charge in [-0.25, -0.2) is 0 Å². The number of hydrogen-bond donors (Lipinski definition) is 0. The van der Waals surface area contributed by atoms with Crippen LogP contribution < -0.4 is 4.40 Å². The van der Waals surface area contributed by atoms with Crippen LogP contribution >= 0.6 is 0 Å². The van der Waals surface area contributed by atoms with Gasteiger partial charge in [-0.3, -0.25) is 4.98 Å². The van der Waals surface area contributed by atoms with Crippen LogP contribution in [0.4, 0.5) is 4.39 Å². The zero-order valence-electron chi connectivity index (χ0n) is 41.5. The molecule has 0 aliphatic heterocycles. The van der Waals surface area contributed by atoms with Crippen LogP contribution in [0.25, 0.3) is 72.6 Å². The van der Waals surface area contributed by atoms with Crippen LogP contribution in [-0.4, -0.2) is 32.8 Å². The molecule has 0 fully saturated rings. The summed E-state index contributed by atoms with van der Waals surface area (Å²) in [6, 6.07) is 40.5. The molecule has 9 aromatic rings. The number of furan rings is 1. The Morgan fingerprint density at radius 3 is 2.14 bits per heavy atom. The number of aromatic nitrogens is 4. The van der Waals surface area contributed by atoms with E-state index in [1.165, 1.54) is 40.1 Å². The number of para-hydroxylation sites is 2. The van der Waals surface area contributed by atoms with Gasteiger partial charge in [-0.05, 0) is 76.9 Å². The van der Waals surface area contributed by atoms with E-state index in [1.54, 1.807) is 26.1 Å². The second kappa shape index (κ2) is 18.5. The molecule has 0 aliphatic rings. The summed E-state index contributed by atoms with van der Waals surface area (Å²) in [5.74, 6) is 6.37. The molecule has 0 atom stereocenters. The van der Waals surface area contributed by atoms with Gasteiger partial charge in [0.05, 0.1) is 22.4 Å². The van der Waals surface area contributed by atoms with Crippen molar-refractivity contribution in [1.29, 1.82) is 0 Å². The van der Waals surface area contributed by atoms with E-state index in [9.17, 15) is 4.39 Å². The van der Waals surface area contributed by atoms with Crippen LogP contribution in [0.15, 0.2) is 120 Å². The molecular formula is C55H55FGeIrN4O-2. The van der Waals surface area contributed by atoms with Gasteiger partial charge in [0.25, 0.3) is 0 Å². The Hall–Kier alpha value is -5.21. The van der Waals surface area contributed by atoms with Crippen molar-refractivity contribution < 1.29 is 34.4 Å². The Morgan fingerprint density at radius 2 is 1.48 bits per heavy atom. The van der Waals surface area contributed by atoms with Gasteiger partial charge < -0.3 is 14.0 Å². The minimum absolute atomic E-state index is 0. The van der Waals surface area contributed by atoms with Crippen molar-refractivity contribution in [3.05, 3.63) is 161 Å². The molecule has 5 nitrogen and oxygen atoms in total. The van der Waals surface area contributed by atoms with Crippen molar-refractivity contribution in [2.24, 2.45) is 0 Å². The molecule has 0 saturated heterocycles. The number of nitrogens with zero attached hydrogens (tertiary/aromatic N) is 4. The van der Waals surface area contributed by atoms with Crippen LogP contribution in [-0.2, 0) is 20.1 Å². The predicted molar refractivity (Wildman–Crippen MR) is 259 cm³/mol. The Bertz CT molecular complexity index is 3230. The molecule has 0 N–H and O–H groups in total. The van der Waals surface area contributed by atoms with Crippen molar-refractivity contribution in [2.45, 2.75) is 90.3 Å². The molecule has 8 heteroatoms. The molecule has 0 unspecified atom stereocenters. The normalized spacial score (nSPS) is 13.1. The number of benzene rings is 5. The number of halogens is 1. The maximum atomic E-state index is 14.8. The van der Waals surface area contributed by atoms with Crippen molar-refractivity contribution in [1.82, 2.24) is 19.5 Å². The fourth-order valence-electron chi connectivity index (χ4n) is 8.22. The number of imidazole rings is 1. The molecule has 0 saturated carbocycles. The molecule has 63 heavy (non-hydrogen) atoms. The quantitative estimate of drug-likeness (QED) is 0.112. The van der Waals surface area contributed by atoms with E-state index < -0.39 is 31.8 Å². The molecule has 323 valence electrons. The Morgan fingerprint density at radius 1 is 0.778 bits per heavy atom. The van der Waals surface area contributed by atoms with Gasteiger partial charge in [-0.15, -0.1) is 0 Å². The first-order valence-corrected chi connectivity index (χ1v) is 28.6. The van der Waals surface area contributed by atoms with Crippen LogP contribution in [0.1, 0.15) is 92.6 Å². The van der Waals surface area contributed by atoms with Crippen molar-refractivity contribution in [2.75, 3.05) is 0 Å². The molecular weight excluding hydrogens is 1020 g/mol. The molecule has 4 heterocycles. The van der Waals surface area contributed by atoms with Gasteiger partial charge in [0, 0.05) is 36.7 Å². The first-order chi connectivity index (χ1) is 31.1. The topological polar surface area (TPSA) is 56.7 Å². The summed E-state index contributed by atoms with van der Waals surface area (Å²) < 4.78 is 55.3. The molecule has 9 rings (SSSR count). The first kappa shape index (κ1) is 40.6. The minimum Gasteiger partial charge on any atom is 0 e. The van der Waals surface area contributed by atoms with Crippen molar-refractivity contribution in [3.63, 3.8) is 0 Å². The van der Waals surface area contributed by atoms with E-state index in [0.29, 0.717) is 23.1 Å². The summed E-state index contributed by atoms with van der Waals surface area (Å²) in [5, 5.41) is 1.04. The average molecular weight is 1080 g/mol. The summed E-state index contributed by atoms with van der Waals surface area (Å²) in [6.07, 6.45) is 3.63. The van der Waals surface area contributed by atoms with E-state index in [2.05, 4.69) is 140 Å². The molecule has 1 radical (unpaired) electrons. The van der Waals surface area contributed by atoms with Crippen molar-refractivity contribution in [3.8, 4) is 39.5 Å². The smallest absolute Gasteiger partial charge is 0 e. The van der Waals surface area contributed by atoms with Gasteiger partial charge in [-0.2, -0.15) is 0 Å². The summed E-state index contributed by atoms with van der Waals surface area (Å²) >= 11 is -2.28. The third kappa shape index (κ3) is 8.98. The summed E-state index contributed by atoms with van der Waals surface area (Å²) in [6.45, 7) is 12.2. The number of rotatable bonds is 8. The minimum atomic E-state index is -2.54. The predicted octanol–water partition coefficient (Wildman–Crippen LogP) is 14.7. The Balaban J connectivity index is 0.000000221. The molecule has 0 aliphatic carbocycles. The maximum Gasteiger partial charge on any atom is 0 e. The average Bonchev–Trinajstić information content (AvgIpc) is 3.84. The fourth-order valence-corrected chi connectivity index (χ4v) is 11.5. The maximum absolute atomic E-state index is 14.8. The van der Waals surface area contributed by atoms with E-state index in [1.807, 2.05) is 24.4 Å². The number of aryl methyl sites for hydroxylation is 2. The van der Waals surface area contributed by atoms with E-state index in [4.69, 9.17) is 19.9 Å². The SMILES string of the molecule is Cc1cccc2oc3[c-]c(-c4nc5ccccc5n4-c4c(C(C)C)cc(-c5ccccc5)cc4C(C)C)cnc3c12.[2H]C([2H])([2H])c1cc[c-]c(-c2cc(C([2H])(C)C)[c]([Ge]([CH3])([CH3])[CH3])cn2)c1F.[Ir]. The van der Waals surface area contributed by atoms with Crippen LogP contribution in [0.2, 0.25) is 17.3 Å². The van der Waals surface area contributed by atoms with Gasteiger partial charge >= 0.3 is 135 Å². The van der Waals surface area contributed by atoms with Gasteiger partial charge in [0.2, 0.25) is 0 Å². The Labute approximate surface area is 393 Å². The molecule has 4 aromatic heterocycles. The summed E-state index contributed by atoms with van der Waals surface area (Å²) in [4.78, 5) is 14.5. The molecule has 0 amide bonds. The number of fused-ring (bicyclic) bond motifs is 4. The number of hydrogen-bond acceptors (Lipinski definition) is 4. The zero-order chi connectivity index (χ0) is 47.5. The second-order valence-corrected chi connectivity index (χ2v) is 28.5. The number of pyridine rings is 2. The third-order valence-electron chi connectivity index (χ3n) is 11.5. The van der Waals surface area contributed by atoms with Gasteiger partial charge in [0.1, 0.15) is 5.58 Å². The zero-order valence-corrected chi connectivity index (χ0v) is 42.0. The fraction of sp³-hybridized carbons (Fsp3) is 0.255. The van der Waals surface area contributed by atoms with Crippen LogP contribution in [0, 0.1) is 31.7 Å². The van der Waals surface area contributed by atoms with Crippen LogP contribution in [0.3, 0.4) is 0 Å². The largest absolute Gasteiger partial charge is 0 e. The Kier molecular flexibility index (Phi) is 11.9.